The van der Waals surface area contributed by atoms with Crippen molar-refractivity contribution in [1.29, 1.82) is 0 Å². The Balaban J connectivity index is 1.51. The zero-order valence-corrected chi connectivity index (χ0v) is 14.8. The molecule has 0 spiro atoms. The second kappa shape index (κ2) is 6.77. The van der Waals surface area contributed by atoms with Crippen LogP contribution in [-0.4, -0.2) is 5.78 Å². The Labute approximate surface area is 154 Å². The summed E-state index contributed by atoms with van der Waals surface area (Å²) in [5.41, 5.74) is 2.50. The van der Waals surface area contributed by atoms with E-state index in [9.17, 15) is 9.18 Å². The summed E-state index contributed by atoms with van der Waals surface area (Å²) in [6.07, 6.45) is 1.78. The summed E-state index contributed by atoms with van der Waals surface area (Å²) in [6, 6.07) is 13.3. The Morgan fingerprint density at radius 3 is 2.69 bits per heavy atom. The van der Waals surface area contributed by atoms with E-state index in [1.165, 1.54) is 12.1 Å². The highest BCUT2D eigenvalue weighted by molar-refractivity contribution is 7.11. The van der Waals surface area contributed by atoms with Crippen molar-refractivity contribution in [2.24, 2.45) is 0 Å². The number of hydrogen-bond acceptors (Lipinski definition) is 4. The molecule has 0 atom stereocenters. The second-order valence-corrected chi connectivity index (χ2v) is 6.93. The Morgan fingerprint density at radius 2 is 1.96 bits per heavy atom. The number of carbonyl (C=O) groups is 1. The molecule has 0 fully saturated rings. The molecule has 0 amide bonds. The molecule has 5 heteroatoms. The monoisotopic (exact) mass is 366 g/mol. The van der Waals surface area contributed by atoms with Gasteiger partial charge in [-0.3, -0.25) is 4.79 Å². The fourth-order valence-electron chi connectivity index (χ4n) is 2.66. The van der Waals surface area contributed by atoms with Gasteiger partial charge in [0.15, 0.2) is 5.76 Å². The molecule has 0 bridgehead atoms. The zero-order chi connectivity index (χ0) is 18.1. The lowest BCUT2D eigenvalue weighted by Crippen LogP contribution is -1.97. The van der Waals surface area contributed by atoms with Crippen LogP contribution in [0.1, 0.15) is 26.4 Å². The quantitative estimate of drug-likeness (QED) is 0.581. The van der Waals surface area contributed by atoms with Crippen molar-refractivity contribution < 1.29 is 18.7 Å². The Morgan fingerprint density at radius 1 is 1.15 bits per heavy atom. The molecule has 4 rings (SSSR count). The Kier molecular flexibility index (Phi) is 4.31. The van der Waals surface area contributed by atoms with E-state index in [1.807, 2.05) is 18.4 Å². The van der Waals surface area contributed by atoms with Gasteiger partial charge in [0.2, 0.25) is 5.78 Å². The van der Waals surface area contributed by atoms with Crippen LogP contribution in [0.25, 0.3) is 6.08 Å². The molecular formula is C21H15FO3S. The third-order valence-corrected chi connectivity index (χ3v) is 5.09. The van der Waals surface area contributed by atoms with E-state index in [0.717, 1.165) is 16.0 Å². The highest BCUT2D eigenvalue weighted by Gasteiger charge is 2.28. The summed E-state index contributed by atoms with van der Waals surface area (Å²) in [4.78, 5) is 13.5. The fourth-order valence-corrected chi connectivity index (χ4v) is 3.50. The summed E-state index contributed by atoms with van der Waals surface area (Å²) in [6.45, 7) is 2.31. The highest BCUT2D eigenvalue weighted by atomic mass is 32.1. The minimum atomic E-state index is -0.279. The second-order valence-electron chi connectivity index (χ2n) is 5.98. The van der Waals surface area contributed by atoms with Gasteiger partial charge in [0, 0.05) is 17.0 Å². The topological polar surface area (TPSA) is 35.5 Å². The predicted octanol–water partition coefficient (Wildman–Crippen LogP) is 5.39. The lowest BCUT2D eigenvalue weighted by atomic mass is 10.1. The molecule has 0 saturated heterocycles. The van der Waals surface area contributed by atoms with Gasteiger partial charge in [-0.15, -0.1) is 11.3 Å². The van der Waals surface area contributed by atoms with Gasteiger partial charge in [0.25, 0.3) is 0 Å². The van der Waals surface area contributed by atoms with Crippen LogP contribution in [0.15, 0.2) is 59.7 Å². The van der Waals surface area contributed by atoms with E-state index < -0.39 is 0 Å². The molecule has 130 valence electrons. The maximum absolute atomic E-state index is 12.9. The van der Waals surface area contributed by atoms with Gasteiger partial charge in [-0.1, -0.05) is 12.1 Å². The maximum Gasteiger partial charge on any atom is 0.232 e. The first kappa shape index (κ1) is 16.5. The maximum atomic E-state index is 12.9. The van der Waals surface area contributed by atoms with Gasteiger partial charge in [-0.25, -0.2) is 4.39 Å². The normalized spacial score (nSPS) is 14.4. The van der Waals surface area contributed by atoms with E-state index in [-0.39, 0.29) is 11.6 Å². The Bertz CT molecular complexity index is 1000. The van der Waals surface area contributed by atoms with Gasteiger partial charge in [0.1, 0.15) is 23.9 Å². The van der Waals surface area contributed by atoms with Crippen LogP contribution in [0.5, 0.6) is 11.5 Å². The number of thiophene rings is 1. The van der Waals surface area contributed by atoms with E-state index in [1.54, 1.807) is 47.7 Å². The number of benzene rings is 2. The van der Waals surface area contributed by atoms with E-state index in [0.29, 0.717) is 29.4 Å². The molecule has 0 N–H and O–H groups in total. The van der Waals surface area contributed by atoms with Crippen molar-refractivity contribution in [3.05, 3.63) is 87.1 Å². The number of fused-ring (bicyclic) bond motifs is 1. The molecule has 0 radical (unpaired) electrons. The van der Waals surface area contributed by atoms with Crippen LogP contribution in [0, 0.1) is 12.7 Å². The molecule has 1 aromatic heterocycles. The summed E-state index contributed by atoms with van der Waals surface area (Å²) in [5, 5.41) is 1.98. The standard InChI is InChI=1S/C21H15FO3S/c1-13-8-9-26-20(13)11-19-21(23)17-7-6-16(10-18(17)25-19)24-12-14-2-4-15(22)5-3-14/h2-11H,12H2,1H3/b19-11+. The molecule has 0 unspecified atom stereocenters. The largest absolute Gasteiger partial charge is 0.489 e. The lowest BCUT2D eigenvalue weighted by Gasteiger charge is -2.07. The van der Waals surface area contributed by atoms with Gasteiger partial charge in [-0.2, -0.15) is 0 Å². The summed E-state index contributed by atoms with van der Waals surface area (Å²) < 4.78 is 24.4. The molecule has 2 heterocycles. The van der Waals surface area contributed by atoms with Crippen molar-refractivity contribution >= 4 is 23.2 Å². The molecule has 0 aliphatic carbocycles. The van der Waals surface area contributed by atoms with Crippen LogP contribution in [0.3, 0.4) is 0 Å². The van der Waals surface area contributed by atoms with Crippen LogP contribution in [-0.2, 0) is 6.61 Å². The van der Waals surface area contributed by atoms with Crippen LogP contribution in [0.4, 0.5) is 4.39 Å². The smallest absolute Gasteiger partial charge is 0.232 e. The first-order chi connectivity index (χ1) is 12.6. The van der Waals surface area contributed by atoms with Crippen molar-refractivity contribution in [2.75, 3.05) is 0 Å². The first-order valence-corrected chi connectivity index (χ1v) is 8.98. The third-order valence-electron chi connectivity index (χ3n) is 4.12. The van der Waals surface area contributed by atoms with Crippen LogP contribution >= 0.6 is 11.3 Å². The predicted molar refractivity (Wildman–Crippen MR) is 99.2 cm³/mol. The summed E-state index contributed by atoms with van der Waals surface area (Å²) >= 11 is 1.57. The number of aryl methyl sites for hydroxylation is 1. The summed E-state index contributed by atoms with van der Waals surface area (Å²) in [5.74, 6) is 0.999. The average molecular weight is 366 g/mol. The number of halogens is 1. The minimum Gasteiger partial charge on any atom is -0.489 e. The van der Waals surface area contributed by atoms with Crippen molar-refractivity contribution in [3.8, 4) is 11.5 Å². The SMILES string of the molecule is Cc1ccsc1/C=C1/Oc2cc(OCc3ccc(F)cc3)ccc2C1=O. The van der Waals surface area contributed by atoms with Crippen molar-refractivity contribution in [3.63, 3.8) is 0 Å². The molecule has 3 nitrogen and oxygen atoms in total. The number of carbonyl (C=O) groups excluding carboxylic acids is 1. The van der Waals surface area contributed by atoms with E-state index in [4.69, 9.17) is 9.47 Å². The van der Waals surface area contributed by atoms with Gasteiger partial charge >= 0.3 is 0 Å². The number of ketones is 1. The van der Waals surface area contributed by atoms with Crippen LogP contribution < -0.4 is 9.47 Å². The number of rotatable bonds is 4. The average Bonchev–Trinajstić information content (AvgIpc) is 3.18. The van der Waals surface area contributed by atoms with Gasteiger partial charge in [-0.05, 0) is 53.8 Å². The third kappa shape index (κ3) is 3.26. The highest BCUT2D eigenvalue weighted by Crippen LogP contribution is 2.35. The molecular weight excluding hydrogens is 351 g/mol. The molecule has 0 saturated carbocycles. The number of hydrogen-bond donors (Lipinski definition) is 0. The number of allylic oxidation sites excluding steroid dienone is 1. The lowest BCUT2D eigenvalue weighted by molar-refractivity contribution is 0.101. The molecule has 1 aliphatic rings. The van der Waals surface area contributed by atoms with E-state index in [2.05, 4.69) is 0 Å². The number of Topliss-reactive ketones (excluding diaryl/α,β-unsaturated/α-hetero) is 1. The summed E-state index contributed by atoms with van der Waals surface area (Å²) in [7, 11) is 0. The van der Waals surface area contributed by atoms with Gasteiger partial charge in [0.05, 0.1) is 5.56 Å². The zero-order valence-electron chi connectivity index (χ0n) is 14.0. The number of ether oxygens (including phenoxy) is 2. The Hall–Kier alpha value is -2.92. The molecule has 2 aromatic carbocycles. The van der Waals surface area contributed by atoms with Crippen LogP contribution in [0.2, 0.25) is 0 Å². The fraction of sp³-hybridized carbons (Fsp3) is 0.0952. The van der Waals surface area contributed by atoms with E-state index >= 15 is 0 Å². The van der Waals surface area contributed by atoms with Gasteiger partial charge < -0.3 is 9.47 Å². The first-order valence-electron chi connectivity index (χ1n) is 8.10. The van der Waals surface area contributed by atoms with Crippen molar-refractivity contribution in [1.82, 2.24) is 0 Å². The molecule has 1 aliphatic heterocycles. The molecule has 3 aromatic rings. The minimum absolute atomic E-state index is 0.127. The van der Waals surface area contributed by atoms with Crippen molar-refractivity contribution in [2.45, 2.75) is 13.5 Å². The molecule has 26 heavy (non-hydrogen) atoms.